The molecule has 1 fully saturated rings. The lowest BCUT2D eigenvalue weighted by molar-refractivity contribution is 0.0916. The lowest BCUT2D eigenvalue weighted by Gasteiger charge is -2.14. The summed E-state index contributed by atoms with van der Waals surface area (Å²) in [4.78, 5) is 25.8. The van der Waals surface area contributed by atoms with Gasteiger partial charge in [-0.3, -0.25) is 9.69 Å². The molecule has 6 heteroatoms. The fraction of sp³-hybridized carbons (Fsp3) is 0.263. The smallest absolute Gasteiger partial charge is 0.414 e. The molecule has 1 atom stereocenters. The number of aryl methyl sites for hydroxylation is 1. The SMILES string of the molecule is COc1cccc(N2CC(CNC(=O)c3cccc(C)c3)OC2=O)c1. The van der Waals surface area contributed by atoms with E-state index in [9.17, 15) is 9.59 Å². The van der Waals surface area contributed by atoms with E-state index in [4.69, 9.17) is 9.47 Å². The zero-order chi connectivity index (χ0) is 17.8. The molecule has 0 saturated carbocycles. The van der Waals surface area contributed by atoms with Gasteiger partial charge >= 0.3 is 6.09 Å². The Morgan fingerprint density at radius 1 is 1.28 bits per heavy atom. The monoisotopic (exact) mass is 340 g/mol. The number of cyclic esters (lactones) is 1. The van der Waals surface area contributed by atoms with E-state index in [1.165, 1.54) is 4.90 Å². The van der Waals surface area contributed by atoms with Crippen molar-refractivity contribution in [3.8, 4) is 5.75 Å². The molecule has 3 rings (SSSR count). The average molecular weight is 340 g/mol. The number of hydrogen-bond donors (Lipinski definition) is 1. The lowest BCUT2D eigenvalue weighted by atomic mass is 10.1. The van der Waals surface area contributed by atoms with Crippen molar-refractivity contribution in [1.29, 1.82) is 0 Å². The molecule has 0 bridgehead atoms. The molecule has 1 unspecified atom stereocenters. The molecule has 130 valence electrons. The summed E-state index contributed by atoms with van der Waals surface area (Å²) in [5.41, 5.74) is 2.31. The van der Waals surface area contributed by atoms with Crippen LogP contribution in [0.2, 0.25) is 0 Å². The minimum atomic E-state index is -0.428. The van der Waals surface area contributed by atoms with Crippen molar-refractivity contribution >= 4 is 17.7 Å². The molecule has 25 heavy (non-hydrogen) atoms. The van der Waals surface area contributed by atoms with Crippen molar-refractivity contribution in [1.82, 2.24) is 5.32 Å². The van der Waals surface area contributed by atoms with Crippen molar-refractivity contribution in [2.24, 2.45) is 0 Å². The number of ether oxygens (including phenoxy) is 2. The molecular weight excluding hydrogens is 320 g/mol. The number of anilines is 1. The number of carbonyl (C=O) groups is 2. The van der Waals surface area contributed by atoms with Gasteiger partial charge in [0.1, 0.15) is 11.9 Å². The number of carbonyl (C=O) groups excluding carboxylic acids is 2. The van der Waals surface area contributed by atoms with Crippen LogP contribution in [0.25, 0.3) is 0 Å². The molecule has 1 aliphatic rings. The quantitative estimate of drug-likeness (QED) is 0.909. The fourth-order valence-electron chi connectivity index (χ4n) is 2.71. The van der Waals surface area contributed by atoms with Gasteiger partial charge in [-0.25, -0.2) is 4.79 Å². The van der Waals surface area contributed by atoms with Crippen molar-refractivity contribution in [2.45, 2.75) is 13.0 Å². The summed E-state index contributed by atoms with van der Waals surface area (Å²) in [5, 5.41) is 2.82. The van der Waals surface area contributed by atoms with Gasteiger partial charge in [0.05, 0.1) is 25.9 Å². The number of nitrogens with zero attached hydrogens (tertiary/aromatic N) is 1. The Labute approximate surface area is 146 Å². The van der Waals surface area contributed by atoms with E-state index in [1.807, 2.05) is 43.3 Å². The second-order valence-corrected chi connectivity index (χ2v) is 5.90. The Morgan fingerprint density at radius 2 is 2.08 bits per heavy atom. The first-order valence-electron chi connectivity index (χ1n) is 8.04. The summed E-state index contributed by atoms with van der Waals surface area (Å²) in [6.45, 7) is 2.57. The number of rotatable bonds is 5. The Bertz CT molecular complexity index is 790. The van der Waals surface area contributed by atoms with Crippen LogP contribution in [0.1, 0.15) is 15.9 Å². The minimum absolute atomic E-state index is 0.181. The Kier molecular flexibility index (Phi) is 4.88. The second-order valence-electron chi connectivity index (χ2n) is 5.90. The van der Waals surface area contributed by atoms with Gasteiger partial charge in [0.25, 0.3) is 5.91 Å². The molecule has 0 aliphatic carbocycles. The first kappa shape index (κ1) is 16.8. The average Bonchev–Trinajstić information content (AvgIpc) is 3.00. The maximum Gasteiger partial charge on any atom is 0.414 e. The molecule has 2 amide bonds. The largest absolute Gasteiger partial charge is 0.497 e. The summed E-state index contributed by atoms with van der Waals surface area (Å²) in [6, 6.07) is 14.6. The highest BCUT2D eigenvalue weighted by Crippen LogP contribution is 2.25. The van der Waals surface area contributed by atoms with Crippen LogP contribution in [0.3, 0.4) is 0 Å². The number of hydrogen-bond acceptors (Lipinski definition) is 4. The molecule has 0 radical (unpaired) electrons. The third kappa shape index (κ3) is 3.91. The third-order valence-corrected chi connectivity index (χ3v) is 4.01. The predicted molar refractivity (Wildman–Crippen MR) is 94.1 cm³/mol. The summed E-state index contributed by atoms with van der Waals surface area (Å²) in [5.74, 6) is 0.487. The van der Waals surface area contributed by atoms with E-state index < -0.39 is 12.2 Å². The topological polar surface area (TPSA) is 67.9 Å². The number of methoxy groups -OCH3 is 1. The number of nitrogens with one attached hydrogen (secondary N) is 1. The predicted octanol–water partition coefficient (Wildman–Crippen LogP) is 2.76. The van der Waals surface area contributed by atoms with Crippen molar-refractivity contribution < 1.29 is 19.1 Å². The molecule has 2 aromatic carbocycles. The van der Waals surface area contributed by atoms with Crippen LogP contribution in [0.4, 0.5) is 10.5 Å². The van der Waals surface area contributed by atoms with E-state index in [0.717, 1.165) is 5.56 Å². The van der Waals surface area contributed by atoms with Gasteiger partial charge in [0, 0.05) is 11.6 Å². The van der Waals surface area contributed by atoms with Crippen LogP contribution in [-0.2, 0) is 4.74 Å². The van der Waals surface area contributed by atoms with Gasteiger partial charge < -0.3 is 14.8 Å². The van der Waals surface area contributed by atoms with E-state index >= 15 is 0 Å². The fourth-order valence-corrected chi connectivity index (χ4v) is 2.71. The van der Waals surface area contributed by atoms with E-state index in [2.05, 4.69) is 5.32 Å². The lowest BCUT2D eigenvalue weighted by Crippen LogP contribution is -2.34. The zero-order valence-electron chi connectivity index (χ0n) is 14.2. The highest BCUT2D eigenvalue weighted by molar-refractivity contribution is 5.94. The highest BCUT2D eigenvalue weighted by Gasteiger charge is 2.32. The summed E-state index contributed by atoms with van der Waals surface area (Å²) < 4.78 is 10.5. The molecule has 1 saturated heterocycles. The molecule has 1 N–H and O–H groups in total. The standard InChI is InChI=1S/C19H20N2O4/c1-13-5-3-6-14(9-13)18(22)20-11-17-12-21(19(23)25-17)15-7-4-8-16(10-15)24-2/h3-10,17H,11-12H2,1-2H3,(H,20,22). The van der Waals surface area contributed by atoms with E-state index in [1.54, 1.807) is 19.2 Å². The zero-order valence-corrected chi connectivity index (χ0v) is 14.2. The molecule has 1 aliphatic heterocycles. The van der Waals surface area contributed by atoms with E-state index in [-0.39, 0.29) is 12.5 Å². The maximum absolute atomic E-state index is 12.2. The summed E-state index contributed by atoms with van der Waals surface area (Å²) in [6.07, 6.45) is -0.824. The third-order valence-electron chi connectivity index (χ3n) is 4.01. The molecule has 1 heterocycles. The van der Waals surface area contributed by atoms with Crippen molar-refractivity contribution in [2.75, 3.05) is 25.1 Å². The highest BCUT2D eigenvalue weighted by atomic mass is 16.6. The molecule has 0 aromatic heterocycles. The van der Waals surface area contributed by atoms with Gasteiger partial charge in [0.2, 0.25) is 0 Å². The molecular formula is C19H20N2O4. The summed E-state index contributed by atoms with van der Waals surface area (Å²) >= 11 is 0. The Morgan fingerprint density at radius 3 is 2.84 bits per heavy atom. The van der Waals surface area contributed by atoms with E-state index in [0.29, 0.717) is 23.5 Å². The molecule has 2 aromatic rings. The molecule has 0 spiro atoms. The van der Waals surface area contributed by atoms with Crippen LogP contribution in [0.5, 0.6) is 5.75 Å². The first-order valence-corrected chi connectivity index (χ1v) is 8.04. The van der Waals surface area contributed by atoms with Gasteiger partial charge in [-0.1, -0.05) is 23.8 Å². The van der Waals surface area contributed by atoms with Crippen LogP contribution in [0, 0.1) is 6.92 Å². The Balaban J connectivity index is 1.60. The van der Waals surface area contributed by atoms with Crippen molar-refractivity contribution in [3.63, 3.8) is 0 Å². The maximum atomic E-state index is 12.2. The second kappa shape index (κ2) is 7.25. The first-order chi connectivity index (χ1) is 12.1. The van der Waals surface area contributed by atoms with Gasteiger partial charge in [-0.15, -0.1) is 0 Å². The summed E-state index contributed by atoms with van der Waals surface area (Å²) in [7, 11) is 1.57. The minimum Gasteiger partial charge on any atom is -0.497 e. The van der Waals surface area contributed by atoms with Crippen LogP contribution in [-0.4, -0.2) is 38.3 Å². The van der Waals surface area contributed by atoms with Crippen LogP contribution >= 0.6 is 0 Å². The normalized spacial score (nSPS) is 16.5. The van der Waals surface area contributed by atoms with Crippen LogP contribution < -0.4 is 15.0 Å². The van der Waals surface area contributed by atoms with Gasteiger partial charge in [-0.2, -0.15) is 0 Å². The van der Waals surface area contributed by atoms with Crippen LogP contribution in [0.15, 0.2) is 48.5 Å². The van der Waals surface area contributed by atoms with Gasteiger partial charge in [-0.05, 0) is 31.2 Å². The van der Waals surface area contributed by atoms with Crippen molar-refractivity contribution in [3.05, 3.63) is 59.7 Å². The number of amides is 2. The molecule has 6 nitrogen and oxygen atoms in total. The van der Waals surface area contributed by atoms with Gasteiger partial charge in [0.15, 0.2) is 0 Å². The number of benzene rings is 2. The Hall–Kier alpha value is -3.02.